The van der Waals surface area contributed by atoms with Crippen molar-refractivity contribution in [2.45, 2.75) is 131 Å². The molecule has 0 atom stereocenters. The van der Waals surface area contributed by atoms with E-state index in [-0.39, 0.29) is 10.8 Å². The van der Waals surface area contributed by atoms with Gasteiger partial charge in [0.15, 0.2) is 0 Å². The van der Waals surface area contributed by atoms with Crippen LogP contribution in [0.15, 0.2) is 218 Å². The number of hydrogen-bond acceptors (Lipinski definition) is 2. The van der Waals surface area contributed by atoms with Crippen LogP contribution >= 0.6 is 0 Å². The molecule has 0 saturated heterocycles. The molecule has 0 amide bonds. The molecule has 15 rings (SSSR count). The van der Waals surface area contributed by atoms with E-state index in [1.807, 2.05) is 0 Å². The van der Waals surface area contributed by atoms with Crippen molar-refractivity contribution < 1.29 is 0 Å². The molecule has 0 aliphatic carbocycles. The average molecular weight is 1170 g/mol. The molecule has 4 heteroatoms. The molecule has 0 aliphatic heterocycles. The van der Waals surface area contributed by atoms with Crippen LogP contribution in [0, 0.1) is 0 Å². The second kappa shape index (κ2) is 21.1. The van der Waals surface area contributed by atoms with E-state index in [1.54, 1.807) is 0 Å². The fraction of sp³-hybridized carbons (Fsp3) is 0.233. The highest BCUT2D eigenvalue weighted by Gasteiger charge is 2.30. The van der Waals surface area contributed by atoms with Gasteiger partial charge in [-0.2, -0.15) is 0 Å². The number of rotatable bonds is 12. The SMILES string of the molecule is CC(C)c1ccc(N(c2ccc(C(C)C)cc2-c2ccc(C(C)(C)C)cc2)c2ccc3c4cc5c(cc4n4c6ccccc6c2c34)c2ccc(N(c3ccc(C(C)C)cc3)c3ccc(C(C)C)cc3-c3ccc(C(C)(C)C)cc3)c3c4ccccc4n5c23)cc1. The predicted octanol–water partition coefficient (Wildman–Crippen LogP) is 25.3. The van der Waals surface area contributed by atoms with Crippen molar-refractivity contribution in [1.29, 1.82) is 0 Å². The average Bonchev–Trinajstić information content (AvgIpc) is 1.52. The molecule has 0 radical (unpaired) electrons. The summed E-state index contributed by atoms with van der Waals surface area (Å²) in [6.45, 7) is 32.1. The zero-order valence-electron chi connectivity index (χ0n) is 54.9. The third kappa shape index (κ3) is 9.06. The first kappa shape index (κ1) is 57.1. The highest BCUT2D eigenvalue weighted by molar-refractivity contribution is 6.32. The smallest absolute Gasteiger partial charge is 0.0641 e. The van der Waals surface area contributed by atoms with Crippen molar-refractivity contribution in [3.8, 4) is 22.3 Å². The molecule has 4 nitrogen and oxygen atoms in total. The standard InChI is InChI=1S/C86H82N4/c1-51(2)55-27-37-63(38-28-55)87(75-43-31-59(53(5)6)47-69(75)57-23-33-61(34-24-57)85(9,10)11)77-45-41-65-71-49-80-72(50-79(71)89-73-21-17-15-19-67(73)81(77)83(65)89)66-42-46-78(82-68-20-16-18-22-74(68)90(80)84(66)82)88(64-39-29-56(30-40-64)52(3)4)76-44-32-60(54(7)8)48-70(76)58-25-35-62(36-26-58)86(12,13)14/h15-54H,1-14H3. The zero-order valence-corrected chi connectivity index (χ0v) is 54.9. The monoisotopic (exact) mass is 1170 g/mol. The van der Waals surface area contributed by atoms with Crippen molar-refractivity contribution in [2.24, 2.45) is 0 Å². The third-order valence-electron chi connectivity index (χ3n) is 19.9. The van der Waals surface area contributed by atoms with E-state index in [9.17, 15) is 0 Å². The third-order valence-corrected chi connectivity index (χ3v) is 19.9. The fourth-order valence-electron chi connectivity index (χ4n) is 14.7. The first-order valence-corrected chi connectivity index (χ1v) is 32.8. The van der Waals surface area contributed by atoms with Gasteiger partial charge in [0.05, 0.1) is 55.8 Å². The Kier molecular flexibility index (Phi) is 13.4. The number of anilines is 6. The largest absolute Gasteiger partial charge is 0.309 e. The van der Waals surface area contributed by atoms with Gasteiger partial charge in [-0.1, -0.05) is 230 Å². The summed E-state index contributed by atoms with van der Waals surface area (Å²) >= 11 is 0. The molecule has 0 fully saturated rings. The van der Waals surface area contributed by atoms with Crippen LogP contribution in [0.3, 0.4) is 0 Å². The van der Waals surface area contributed by atoms with Crippen LogP contribution in [0.4, 0.5) is 34.1 Å². The van der Waals surface area contributed by atoms with Crippen molar-refractivity contribution in [3.63, 3.8) is 0 Å². The molecule has 4 aromatic heterocycles. The highest BCUT2D eigenvalue weighted by atomic mass is 15.2. The van der Waals surface area contributed by atoms with Gasteiger partial charge in [-0.25, -0.2) is 0 Å². The Morgan fingerprint density at radius 1 is 0.289 bits per heavy atom. The second-order valence-electron chi connectivity index (χ2n) is 29.0. The zero-order chi connectivity index (χ0) is 62.4. The van der Waals surface area contributed by atoms with Crippen LogP contribution in [-0.2, 0) is 10.8 Å². The summed E-state index contributed by atoms with van der Waals surface area (Å²) in [7, 11) is 0. The minimum absolute atomic E-state index is 0.0422. The Morgan fingerprint density at radius 2 is 0.622 bits per heavy atom. The lowest BCUT2D eigenvalue weighted by atomic mass is 9.85. The van der Waals surface area contributed by atoms with Gasteiger partial charge in [0.1, 0.15) is 0 Å². The predicted molar refractivity (Wildman–Crippen MR) is 390 cm³/mol. The number of fused-ring (bicyclic) bond motifs is 12. The van der Waals surface area contributed by atoms with Gasteiger partial charge >= 0.3 is 0 Å². The maximum atomic E-state index is 2.59. The normalized spacial score (nSPS) is 12.7. The van der Waals surface area contributed by atoms with E-state index in [4.69, 9.17) is 0 Å². The molecule has 90 heavy (non-hydrogen) atoms. The second-order valence-corrected chi connectivity index (χ2v) is 29.0. The van der Waals surface area contributed by atoms with Crippen LogP contribution in [0.25, 0.3) is 98.4 Å². The topological polar surface area (TPSA) is 15.3 Å². The molecule has 0 aliphatic rings. The molecular formula is C86H82N4. The number of nitrogens with zero attached hydrogens (tertiary/aromatic N) is 4. The van der Waals surface area contributed by atoms with Gasteiger partial charge in [0.25, 0.3) is 0 Å². The highest BCUT2D eigenvalue weighted by Crippen LogP contribution is 2.54. The van der Waals surface area contributed by atoms with Crippen LogP contribution in [0.5, 0.6) is 0 Å². The molecule has 0 saturated carbocycles. The summed E-state index contributed by atoms with van der Waals surface area (Å²) in [5.74, 6) is 1.55. The fourth-order valence-corrected chi connectivity index (χ4v) is 14.7. The lowest BCUT2D eigenvalue weighted by Crippen LogP contribution is -2.13. The lowest BCUT2D eigenvalue weighted by molar-refractivity contribution is 0.590. The van der Waals surface area contributed by atoms with Crippen LogP contribution in [0.1, 0.15) is 154 Å². The molecular weight excluding hydrogens is 1090 g/mol. The summed E-state index contributed by atoms with van der Waals surface area (Å²) in [6, 6.07) is 84.7. The molecule has 0 unspecified atom stereocenters. The van der Waals surface area contributed by atoms with Gasteiger partial charge in [0, 0.05) is 65.6 Å². The molecule has 11 aromatic carbocycles. The Balaban J connectivity index is 0.983. The van der Waals surface area contributed by atoms with E-state index < -0.39 is 0 Å². The quantitative estimate of drug-likeness (QED) is 0.121. The minimum atomic E-state index is 0.0422. The maximum Gasteiger partial charge on any atom is 0.0641 e. The van der Waals surface area contributed by atoms with Crippen LogP contribution in [0.2, 0.25) is 0 Å². The summed E-state index contributed by atoms with van der Waals surface area (Å²) in [5, 5.41) is 9.98. The van der Waals surface area contributed by atoms with E-state index >= 15 is 0 Å². The molecule has 0 N–H and O–H groups in total. The summed E-state index contributed by atoms with van der Waals surface area (Å²) < 4.78 is 5.17. The maximum absolute atomic E-state index is 2.59. The molecule has 446 valence electrons. The van der Waals surface area contributed by atoms with Gasteiger partial charge in [-0.15, -0.1) is 0 Å². The molecule has 0 bridgehead atoms. The van der Waals surface area contributed by atoms with Crippen molar-refractivity contribution in [3.05, 3.63) is 252 Å². The van der Waals surface area contributed by atoms with E-state index in [0.717, 1.165) is 34.1 Å². The Labute approximate surface area is 531 Å². The van der Waals surface area contributed by atoms with Crippen molar-refractivity contribution >= 4 is 110 Å². The lowest BCUT2D eigenvalue weighted by Gasteiger charge is -2.30. The van der Waals surface area contributed by atoms with Crippen LogP contribution < -0.4 is 9.80 Å². The number of para-hydroxylation sites is 2. The molecule has 4 heterocycles. The van der Waals surface area contributed by atoms with Gasteiger partial charge in [-0.05, 0) is 164 Å². The van der Waals surface area contributed by atoms with E-state index in [1.165, 1.54) is 132 Å². The Hall–Kier alpha value is -9.38. The van der Waals surface area contributed by atoms with Gasteiger partial charge < -0.3 is 18.6 Å². The first-order chi connectivity index (χ1) is 43.2. The van der Waals surface area contributed by atoms with Gasteiger partial charge in [-0.3, -0.25) is 0 Å². The summed E-state index contributed by atoms with van der Waals surface area (Å²) in [4.78, 5) is 5.12. The van der Waals surface area contributed by atoms with Crippen LogP contribution in [-0.4, -0.2) is 8.80 Å². The Morgan fingerprint density at radius 3 is 0.967 bits per heavy atom. The Bertz CT molecular complexity index is 4900. The first-order valence-electron chi connectivity index (χ1n) is 32.8. The summed E-state index contributed by atoms with van der Waals surface area (Å²) in [5.41, 5.74) is 27.2. The van der Waals surface area contributed by atoms with E-state index in [2.05, 4.69) is 334 Å². The summed E-state index contributed by atoms with van der Waals surface area (Å²) in [6.07, 6.45) is 0. The minimum Gasteiger partial charge on any atom is -0.309 e. The number of hydrogen-bond donors (Lipinski definition) is 0. The number of benzene rings is 11. The molecule has 0 spiro atoms. The van der Waals surface area contributed by atoms with Crippen molar-refractivity contribution in [2.75, 3.05) is 9.80 Å². The molecule has 15 aromatic rings. The van der Waals surface area contributed by atoms with Crippen molar-refractivity contribution in [1.82, 2.24) is 8.80 Å². The van der Waals surface area contributed by atoms with E-state index in [0.29, 0.717) is 23.7 Å². The van der Waals surface area contributed by atoms with Gasteiger partial charge in [0.2, 0.25) is 0 Å². The number of aromatic nitrogens is 2.